The van der Waals surface area contributed by atoms with E-state index in [-0.39, 0.29) is 57.1 Å². The first-order valence-corrected chi connectivity index (χ1v) is 2.61. The fourth-order valence-corrected chi connectivity index (χ4v) is 0.567. The predicted octanol–water partition coefficient (Wildman–Crippen LogP) is 1.40. The van der Waals surface area contributed by atoms with Crippen molar-refractivity contribution in [1.29, 1.82) is 0 Å². The van der Waals surface area contributed by atoms with Gasteiger partial charge >= 0.3 is 51.4 Å². The molecule has 0 bridgehead atoms. The molecule has 0 saturated carbocycles. The molecular formula is C6H6ClKO. The van der Waals surface area contributed by atoms with E-state index >= 15 is 0 Å². The van der Waals surface area contributed by atoms with Crippen molar-refractivity contribution in [3.8, 4) is 5.75 Å². The van der Waals surface area contributed by atoms with Gasteiger partial charge in [0.05, 0.1) is 0 Å². The van der Waals surface area contributed by atoms with Crippen LogP contribution in [0.1, 0.15) is 0 Å². The molecule has 1 aromatic rings. The van der Waals surface area contributed by atoms with Gasteiger partial charge in [0, 0.05) is 5.02 Å². The summed E-state index contributed by atoms with van der Waals surface area (Å²) in [6, 6.07) is 6.36. The van der Waals surface area contributed by atoms with Crippen LogP contribution in [0, 0.1) is 0 Å². The van der Waals surface area contributed by atoms with Crippen molar-refractivity contribution in [2.45, 2.75) is 0 Å². The van der Waals surface area contributed by atoms with E-state index < -0.39 is 0 Å². The van der Waals surface area contributed by atoms with Crippen LogP contribution in [-0.2, 0) is 0 Å². The molecule has 0 spiro atoms. The van der Waals surface area contributed by atoms with E-state index in [0.29, 0.717) is 5.02 Å². The Labute approximate surface area is 101 Å². The molecular weight excluding hydrogens is 163 g/mol. The Morgan fingerprint density at radius 1 is 1.11 bits per heavy atom. The first-order chi connectivity index (χ1) is 3.79. The number of halogens is 1. The van der Waals surface area contributed by atoms with Crippen LogP contribution in [0.3, 0.4) is 0 Å². The number of rotatable bonds is 0. The molecule has 0 unspecified atom stereocenters. The summed E-state index contributed by atoms with van der Waals surface area (Å²) >= 11 is 5.50. The normalized spacial score (nSPS) is 8.11. The van der Waals surface area contributed by atoms with Gasteiger partial charge in [0.1, 0.15) is 5.75 Å². The average Bonchev–Trinajstić information content (AvgIpc) is 1.77. The van der Waals surface area contributed by atoms with E-state index in [1.807, 2.05) is 0 Å². The number of hydrogen-bond donors (Lipinski definition) is 1. The Morgan fingerprint density at radius 3 is 1.89 bits per heavy atom. The van der Waals surface area contributed by atoms with Crippen molar-refractivity contribution in [1.82, 2.24) is 0 Å². The fourth-order valence-electron chi connectivity index (χ4n) is 0.441. The van der Waals surface area contributed by atoms with Gasteiger partial charge in [-0.25, -0.2) is 0 Å². The maximum atomic E-state index is 8.70. The average molecular weight is 169 g/mol. The molecule has 0 atom stereocenters. The van der Waals surface area contributed by atoms with Crippen molar-refractivity contribution in [2.24, 2.45) is 0 Å². The zero-order chi connectivity index (χ0) is 5.98. The molecule has 1 N–H and O–H groups in total. The van der Waals surface area contributed by atoms with Crippen LogP contribution < -0.4 is 0 Å². The summed E-state index contributed by atoms with van der Waals surface area (Å²) in [6.07, 6.45) is 0. The molecule has 0 aliphatic carbocycles. The van der Waals surface area contributed by atoms with Gasteiger partial charge in [-0.3, -0.25) is 0 Å². The molecule has 0 saturated heterocycles. The third-order valence-electron chi connectivity index (χ3n) is 0.827. The van der Waals surface area contributed by atoms with Gasteiger partial charge in [0.15, 0.2) is 0 Å². The van der Waals surface area contributed by atoms with Gasteiger partial charge in [-0.05, 0) is 24.3 Å². The molecule has 0 aliphatic heterocycles. The maximum absolute atomic E-state index is 8.70. The van der Waals surface area contributed by atoms with Crippen LogP contribution in [0.15, 0.2) is 24.3 Å². The monoisotopic (exact) mass is 168 g/mol. The minimum atomic E-state index is 0. The van der Waals surface area contributed by atoms with Gasteiger partial charge in [0.2, 0.25) is 0 Å². The number of phenolic OH excluding ortho intramolecular Hbond substituents is 1. The number of hydrogen-bond acceptors (Lipinski definition) is 1. The Morgan fingerprint density at radius 2 is 1.56 bits per heavy atom. The molecule has 9 heavy (non-hydrogen) atoms. The zero-order valence-electron chi connectivity index (χ0n) is 4.13. The second-order valence-electron chi connectivity index (χ2n) is 1.48. The van der Waals surface area contributed by atoms with Crippen molar-refractivity contribution in [3.63, 3.8) is 0 Å². The summed E-state index contributed by atoms with van der Waals surface area (Å²) in [7, 11) is 0. The van der Waals surface area contributed by atoms with E-state index in [1.54, 1.807) is 24.3 Å². The minimum absolute atomic E-state index is 0. The Bertz CT molecular complexity index is 152. The molecule has 1 nitrogen and oxygen atoms in total. The number of phenols is 1. The van der Waals surface area contributed by atoms with Crippen molar-refractivity contribution >= 4 is 63.0 Å². The Balaban J connectivity index is 0.000000640. The number of aromatic hydroxyl groups is 1. The van der Waals surface area contributed by atoms with E-state index in [4.69, 9.17) is 16.7 Å². The van der Waals surface area contributed by atoms with Crippen LogP contribution in [0.4, 0.5) is 0 Å². The summed E-state index contributed by atoms with van der Waals surface area (Å²) in [5, 5.41) is 9.34. The molecule has 0 radical (unpaired) electrons. The summed E-state index contributed by atoms with van der Waals surface area (Å²) < 4.78 is 0. The molecule has 0 fully saturated rings. The summed E-state index contributed by atoms with van der Waals surface area (Å²) in [5.41, 5.74) is 0. The second-order valence-corrected chi connectivity index (χ2v) is 1.91. The molecule has 3 heteroatoms. The van der Waals surface area contributed by atoms with Crippen LogP contribution in [-0.4, -0.2) is 56.5 Å². The van der Waals surface area contributed by atoms with Crippen molar-refractivity contribution in [3.05, 3.63) is 29.3 Å². The number of benzene rings is 1. The van der Waals surface area contributed by atoms with Crippen LogP contribution >= 0.6 is 11.6 Å². The van der Waals surface area contributed by atoms with Gasteiger partial charge in [0.25, 0.3) is 0 Å². The van der Waals surface area contributed by atoms with Crippen molar-refractivity contribution in [2.75, 3.05) is 0 Å². The standard InChI is InChI=1S/C6H5ClO.K.H/c7-5-1-3-6(8)4-2-5;;/h1-4,8H;;. The van der Waals surface area contributed by atoms with E-state index in [2.05, 4.69) is 0 Å². The summed E-state index contributed by atoms with van der Waals surface area (Å²) in [4.78, 5) is 0. The van der Waals surface area contributed by atoms with Crippen LogP contribution in [0.2, 0.25) is 5.02 Å². The van der Waals surface area contributed by atoms with Crippen LogP contribution in [0.5, 0.6) is 5.75 Å². The van der Waals surface area contributed by atoms with Gasteiger partial charge < -0.3 is 5.11 Å². The molecule has 44 valence electrons. The quantitative estimate of drug-likeness (QED) is 0.581. The van der Waals surface area contributed by atoms with Crippen LogP contribution in [0.25, 0.3) is 0 Å². The SMILES string of the molecule is Oc1ccc(Cl)cc1.[KH]. The molecule has 1 aromatic carbocycles. The molecule has 0 heterocycles. The molecule has 1 rings (SSSR count). The summed E-state index contributed by atoms with van der Waals surface area (Å²) in [6.45, 7) is 0. The van der Waals surface area contributed by atoms with Crippen molar-refractivity contribution < 1.29 is 5.11 Å². The predicted molar refractivity (Wildman–Crippen MR) is 40.3 cm³/mol. The zero-order valence-corrected chi connectivity index (χ0v) is 4.89. The third kappa shape index (κ3) is 3.60. The topological polar surface area (TPSA) is 20.2 Å². The van der Waals surface area contributed by atoms with Gasteiger partial charge in [-0.1, -0.05) is 11.6 Å². The van der Waals surface area contributed by atoms with Gasteiger partial charge in [-0.15, -0.1) is 0 Å². The first-order valence-electron chi connectivity index (χ1n) is 2.23. The van der Waals surface area contributed by atoms with E-state index in [0.717, 1.165) is 0 Å². The van der Waals surface area contributed by atoms with E-state index in [1.165, 1.54) is 0 Å². The Kier molecular flexibility index (Phi) is 5.21. The molecule has 0 aromatic heterocycles. The van der Waals surface area contributed by atoms with Gasteiger partial charge in [-0.2, -0.15) is 0 Å². The van der Waals surface area contributed by atoms with E-state index in [9.17, 15) is 0 Å². The third-order valence-corrected chi connectivity index (χ3v) is 1.08. The summed E-state index contributed by atoms with van der Waals surface area (Å²) in [5.74, 6) is 0.245. The molecule has 0 amide bonds. The Hall–Kier alpha value is 0.946. The molecule has 0 aliphatic rings. The first kappa shape index (κ1) is 9.95. The second kappa shape index (κ2) is 4.71. The fraction of sp³-hybridized carbons (Fsp3) is 0.